The predicted octanol–water partition coefficient (Wildman–Crippen LogP) is 2.59. The third-order valence-electron chi connectivity index (χ3n) is 3.25. The molecule has 1 aromatic carbocycles. The summed E-state index contributed by atoms with van der Waals surface area (Å²) in [5, 5.41) is 10.5. The fraction of sp³-hybridized carbons (Fsp3) is 0.538. The molecule has 1 fully saturated rings. The Morgan fingerprint density at radius 1 is 1.27 bits per heavy atom. The number of rotatable bonds is 3. The van der Waals surface area contributed by atoms with Gasteiger partial charge in [0.15, 0.2) is 0 Å². The monoisotopic (exact) mass is 206 g/mol. The second kappa shape index (κ2) is 4.33. The van der Waals surface area contributed by atoms with E-state index >= 15 is 0 Å². The fourth-order valence-electron chi connectivity index (χ4n) is 2.48. The average molecular weight is 206 g/mol. The van der Waals surface area contributed by atoms with Crippen LogP contribution in [0.25, 0.3) is 0 Å². The standard InChI is InChI=1S/C13H18O2/c1-15-10-11-6-2-3-7-12(11)13(14)8-4-5-9-13/h2-3,6-7,14H,4-5,8-10H2,1H3. The Morgan fingerprint density at radius 2 is 1.93 bits per heavy atom. The van der Waals surface area contributed by atoms with Crippen LogP contribution in [0.3, 0.4) is 0 Å². The van der Waals surface area contributed by atoms with Crippen molar-refractivity contribution in [3.8, 4) is 0 Å². The molecule has 2 nitrogen and oxygen atoms in total. The average Bonchev–Trinajstić information content (AvgIpc) is 2.68. The smallest absolute Gasteiger partial charge is 0.0900 e. The number of benzene rings is 1. The van der Waals surface area contributed by atoms with Crippen molar-refractivity contribution in [1.29, 1.82) is 0 Å². The molecule has 0 unspecified atom stereocenters. The van der Waals surface area contributed by atoms with Gasteiger partial charge in [-0.25, -0.2) is 0 Å². The molecule has 1 N–H and O–H groups in total. The summed E-state index contributed by atoms with van der Waals surface area (Å²) in [7, 11) is 1.69. The lowest BCUT2D eigenvalue weighted by Crippen LogP contribution is -2.22. The second-order valence-electron chi connectivity index (χ2n) is 4.33. The first-order valence-electron chi connectivity index (χ1n) is 5.56. The molecule has 0 amide bonds. The molecule has 1 aliphatic carbocycles. The third kappa shape index (κ3) is 2.06. The number of hydrogen-bond donors (Lipinski definition) is 1. The Morgan fingerprint density at radius 3 is 2.60 bits per heavy atom. The highest BCUT2D eigenvalue weighted by molar-refractivity contribution is 5.32. The summed E-state index contributed by atoms with van der Waals surface area (Å²) in [6.45, 7) is 0.582. The van der Waals surface area contributed by atoms with Gasteiger partial charge in [0.2, 0.25) is 0 Å². The van der Waals surface area contributed by atoms with Crippen LogP contribution in [0.5, 0.6) is 0 Å². The van der Waals surface area contributed by atoms with Crippen molar-refractivity contribution in [2.45, 2.75) is 37.9 Å². The van der Waals surface area contributed by atoms with Gasteiger partial charge in [-0.2, -0.15) is 0 Å². The van der Waals surface area contributed by atoms with E-state index in [1.54, 1.807) is 7.11 Å². The Kier molecular flexibility index (Phi) is 3.08. The summed E-state index contributed by atoms with van der Waals surface area (Å²) in [4.78, 5) is 0. The number of ether oxygens (including phenoxy) is 1. The van der Waals surface area contributed by atoms with Gasteiger partial charge in [0.1, 0.15) is 0 Å². The molecule has 0 spiro atoms. The van der Waals surface area contributed by atoms with Crippen LogP contribution in [0.15, 0.2) is 24.3 Å². The highest BCUT2D eigenvalue weighted by Crippen LogP contribution is 2.39. The van der Waals surface area contributed by atoms with Gasteiger partial charge in [-0.3, -0.25) is 0 Å². The lowest BCUT2D eigenvalue weighted by atomic mass is 9.88. The van der Waals surface area contributed by atoms with E-state index in [1.165, 1.54) is 0 Å². The molecule has 1 aliphatic rings. The van der Waals surface area contributed by atoms with Gasteiger partial charge in [-0.15, -0.1) is 0 Å². The maximum Gasteiger partial charge on any atom is 0.0900 e. The molecular formula is C13H18O2. The number of aliphatic hydroxyl groups is 1. The van der Waals surface area contributed by atoms with Gasteiger partial charge in [0.05, 0.1) is 12.2 Å². The van der Waals surface area contributed by atoms with Crippen LogP contribution in [0.1, 0.15) is 36.8 Å². The van der Waals surface area contributed by atoms with Crippen molar-refractivity contribution < 1.29 is 9.84 Å². The quantitative estimate of drug-likeness (QED) is 0.823. The molecule has 0 heterocycles. The van der Waals surface area contributed by atoms with Crippen LogP contribution in [-0.4, -0.2) is 12.2 Å². The minimum Gasteiger partial charge on any atom is -0.385 e. The maximum absolute atomic E-state index is 10.5. The zero-order valence-electron chi connectivity index (χ0n) is 9.20. The summed E-state index contributed by atoms with van der Waals surface area (Å²) >= 11 is 0. The zero-order chi connectivity index (χ0) is 10.7. The molecule has 82 valence electrons. The largest absolute Gasteiger partial charge is 0.385 e. The molecule has 2 rings (SSSR count). The highest BCUT2D eigenvalue weighted by atomic mass is 16.5. The topological polar surface area (TPSA) is 29.5 Å². The fourth-order valence-corrected chi connectivity index (χ4v) is 2.48. The van der Waals surface area contributed by atoms with Crippen LogP contribution in [0.4, 0.5) is 0 Å². The summed E-state index contributed by atoms with van der Waals surface area (Å²) in [6.07, 6.45) is 4.01. The first kappa shape index (κ1) is 10.7. The van der Waals surface area contributed by atoms with Gasteiger partial charge >= 0.3 is 0 Å². The summed E-state index contributed by atoms with van der Waals surface area (Å²) in [6, 6.07) is 8.05. The number of methoxy groups -OCH3 is 1. The van der Waals surface area contributed by atoms with E-state index in [4.69, 9.17) is 4.74 Å². The van der Waals surface area contributed by atoms with Gasteiger partial charge in [0.25, 0.3) is 0 Å². The van der Waals surface area contributed by atoms with Gasteiger partial charge in [0, 0.05) is 7.11 Å². The van der Waals surface area contributed by atoms with E-state index < -0.39 is 5.60 Å². The normalized spacial score (nSPS) is 19.3. The van der Waals surface area contributed by atoms with E-state index in [0.29, 0.717) is 6.61 Å². The van der Waals surface area contributed by atoms with Crippen molar-refractivity contribution >= 4 is 0 Å². The highest BCUT2D eigenvalue weighted by Gasteiger charge is 2.34. The zero-order valence-corrected chi connectivity index (χ0v) is 9.20. The van der Waals surface area contributed by atoms with Crippen molar-refractivity contribution in [2.75, 3.05) is 7.11 Å². The summed E-state index contributed by atoms with van der Waals surface area (Å²) in [5.41, 5.74) is 1.57. The molecule has 2 heteroatoms. The van der Waals surface area contributed by atoms with Gasteiger partial charge < -0.3 is 9.84 Å². The molecule has 1 saturated carbocycles. The SMILES string of the molecule is COCc1ccccc1C1(O)CCCC1. The minimum absolute atomic E-state index is 0.582. The van der Waals surface area contributed by atoms with Crippen LogP contribution < -0.4 is 0 Å². The predicted molar refractivity (Wildman–Crippen MR) is 59.5 cm³/mol. The van der Waals surface area contributed by atoms with E-state index in [-0.39, 0.29) is 0 Å². The molecular weight excluding hydrogens is 188 g/mol. The molecule has 0 radical (unpaired) electrons. The lowest BCUT2D eigenvalue weighted by Gasteiger charge is -2.25. The molecule has 0 aliphatic heterocycles. The van der Waals surface area contributed by atoms with E-state index in [2.05, 4.69) is 0 Å². The minimum atomic E-state index is -0.602. The summed E-state index contributed by atoms with van der Waals surface area (Å²) < 4.78 is 5.16. The molecule has 0 bridgehead atoms. The maximum atomic E-state index is 10.5. The van der Waals surface area contributed by atoms with Crippen molar-refractivity contribution in [2.24, 2.45) is 0 Å². The van der Waals surface area contributed by atoms with Crippen LogP contribution in [0.2, 0.25) is 0 Å². The molecule has 1 aromatic rings. The molecule has 0 aromatic heterocycles. The van der Waals surface area contributed by atoms with E-state index in [9.17, 15) is 5.11 Å². The number of hydrogen-bond acceptors (Lipinski definition) is 2. The Labute approximate surface area is 90.9 Å². The Balaban J connectivity index is 2.33. The first-order valence-corrected chi connectivity index (χ1v) is 5.56. The van der Waals surface area contributed by atoms with Crippen LogP contribution in [0, 0.1) is 0 Å². The lowest BCUT2D eigenvalue weighted by molar-refractivity contribution is 0.0415. The first-order chi connectivity index (χ1) is 7.26. The second-order valence-corrected chi connectivity index (χ2v) is 4.33. The summed E-state index contributed by atoms with van der Waals surface area (Å²) in [5.74, 6) is 0. The van der Waals surface area contributed by atoms with Gasteiger partial charge in [-0.1, -0.05) is 37.1 Å². The van der Waals surface area contributed by atoms with E-state index in [1.807, 2.05) is 24.3 Å². The van der Waals surface area contributed by atoms with Crippen LogP contribution >= 0.6 is 0 Å². The molecule has 15 heavy (non-hydrogen) atoms. The van der Waals surface area contributed by atoms with Crippen LogP contribution in [-0.2, 0) is 16.9 Å². The Bertz CT molecular complexity index is 327. The van der Waals surface area contributed by atoms with Crippen molar-refractivity contribution in [1.82, 2.24) is 0 Å². The Hall–Kier alpha value is -0.860. The third-order valence-corrected chi connectivity index (χ3v) is 3.25. The molecule has 0 atom stereocenters. The van der Waals surface area contributed by atoms with Crippen molar-refractivity contribution in [3.63, 3.8) is 0 Å². The van der Waals surface area contributed by atoms with E-state index in [0.717, 1.165) is 36.8 Å². The van der Waals surface area contributed by atoms with Gasteiger partial charge in [-0.05, 0) is 24.0 Å². The molecule has 0 saturated heterocycles. The van der Waals surface area contributed by atoms with Crippen molar-refractivity contribution in [3.05, 3.63) is 35.4 Å².